The van der Waals surface area contributed by atoms with Crippen molar-refractivity contribution in [3.8, 4) is 5.69 Å². The first-order valence-electron chi connectivity index (χ1n) is 6.89. The van der Waals surface area contributed by atoms with Crippen molar-refractivity contribution >= 4 is 21.6 Å². The lowest BCUT2D eigenvalue weighted by Crippen LogP contribution is -2.18. The molecule has 1 aromatic carbocycles. The molecule has 1 aliphatic carbocycles. The monoisotopic (exact) mass is 349 g/mol. The summed E-state index contributed by atoms with van der Waals surface area (Å²) in [5.74, 6) is 0. The van der Waals surface area contributed by atoms with Gasteiger partial charge in [-0.05, 0) is 59.8 Å². The molecule has 1 aliphatic rings. The molecule has 0 spiro atoms. The molecule has 0 bridgehead atoms. The summed E-state index contributed by atoms with van der Waals surface area (Å²) in [6.45, 7) is 1.74. The molecule has 0 aliphatic heterocycles. The normalized spacial score (nSPS) is 17.6. The Hall–Kier alpha value is -1.66. The zero-order valence-corrected chi connectivity index (χ0v) is 13.3. The van der Waals surface area contributed by atoms with Crippen LogP contribution in [0.25, 0.3) is 5.69 Å². The molecule has 1 unspecified atom stereocenters. The zero-order valence-electron chi connectivity index (χ0n) is 11.7. The van der Waals surface area contributed by atoms with Gasteiger partial charge in [-0.15, -0.1) is 0 Å². The average molecular weight is 350 g/mol. The summed E-state index contributed by atoms with van der Waals surface area (Å²) in [6, 6.07) is 5.51. The van der Waals surface area contributed by atoms with Crippen LogP contribution in [0.3, 0.4) is 0 Å². The standard InChI is InChI=1S/C15H16BrN3O2/c1-9-7-11(16)15(8-14(9)19(20)21)18-6-5-10-12(17)3-2-4-13(10)18/h5-8,12H,2-4,17H2,1H3. The van der Waals surface area contributed by atoms with Crippen LogP contribution < -0.4 is 5.73 Å². The van der Waals surface area contributed by atoms with Gasteiger partial charge < -0.3 is 10.3 Å². The van der Waals surface area contributed by atoms with Crippen LogP contribution in [-0.2, 0) is 6.42 Å². The van der Waals surface area contributed by atoms with Gasteiger partial charge in [0.2, 0.25) is 0 Å². The van der Waals surface area contributed by atoms with Gasteiger partial charge in [0.05, 0.1) is 10.6 Å². The summed E-state index contributed by atoms with van der Waals surface area (Å²) in [5, 5.41) is 11.2. The Balaban J connectivity index is 2.17. The maximum Gasteiger partial charge on any atom is 0.274 e. The maximum absolute atomic E-state index is 11.2. The van der Waals surface area contributed by atoms with Gasteiger partial charge in [0.15, 0.2) is 0 Å². The number of aryl methyl sites for hydroxylation is 1. The number of nitro benzene ring substituents is 1. The Bertz CT molecular complexity index is 724. The van der Waals surface area contributed by atoms with E-state index in [0.717, 1.165) is 40.7 Å². The second kappa shape index (κ2) is 5.27. The summed E-state index contributed by atoms with van der Waals surface area (Å²) in [4.78, 5) is 10.8. The number of hydrogen-bond donors (Lipinski definition) is 1. The molecular weight excluding hydrogens is 334 g/mol. The molecule has 21 heavy (non-hydrogen) atoms. The summed E-state index contributed by atoms with van der Waals surface area (Å²) in [5.41, 5.74) is 10.0. The van der Waals surface area contributed by atoms with Crippen molar-refractivity contribution in [2.75, 3.05) is 0 Å². The van der Waals surface area contributed by atoms with E-state index in [0.29, 0.717) is 5.56 Å². The fourth-order valence-electron chi connectivity index (χ4n) is 2.98. The lowest BCUT2D eigenvalue weighted by atomic mass is 9.93. The molecule has 0 amide bonds. The van der Waals surface area contributed by atoms with Crippen LogP contribution >= 0.6 is 15.9 Å². The van der Waals surface area contributed by atoms with Gasteiger partial charge in [0, 0.05) is 34.0 Å². The minimum absolute atomic E-state index is 0.0641. The van der Waals surface area contributed by atoms with Gasteiger partial charge in [0.25, 0.3) is 5.69 Å². The summed E-state index contributed by atoms with van der Waals surface area (Å²) < 4.78 is 2.87. The number of fused-ring (bicyclic) bond motifs is 1. The first kappa shape index (κ1) is 14.3. The highest BCUT2D eigenvalue weighted by atomic mass is 79.9. The number of aromatic nitrogens is 1. The van der Waals surface area contributed by atoms with Crippen LogP contribution in [0.2, 0.25) is 0 Å². The number of nitrogens with two attached hydrogens (primary N) is 1. The van der Waals surface area contributed by atoms with Crippen LogP contribution in [0.15, 0.2) is 28.9 Å². The van der Waals surface area contributed by atoms with Crippen molar-refractivity contribution in [1.29, 1.82) is 0 Å². The van der Waals surface area contributed by atoms with Crippen LogP contribution in [0.4, 0.5) is 5.69 Å². The highest BCUT2D eigenvalue weighted by Crippen LogP contribution is 2.35. The molecule has 2 aromatic rings. The molecule has 0 radical (unpaired) electrons. The van der Waals surface area contributed by atoms with Gasteiger partial charge in [-0.1, -0.05) is 0 Å². The largest absolute Gasteiger partial charge is 0.324 e. The highest BCUT2D eigenvalue weighted by molar-refractivity contribution is 9.10. The van der Waals surface area contributed by atoms with E-state index in [9.17, 15) is 10.1 Å². The number of benzene rings is 1. The Morgan fingerprint density at radius 2 is 2.24 bits per heavy atom. The van der Waals surface area contributed by atoms with Crippen molar-refractivity contribution in [2.24, 2.45) is 5.73 Å². The molecule has 1 atom stereocenters. The summed E-state index contributed by atoms with van der Waals surface area (Å²) in [7, 11) is 0. The fraction of sp³-hybridized carbons (Fsp3) is 0.333. The van der Waals surface area contributed by atoms with Crippen LogP contribution in [0.1, 0.15) is 35.7 Å². The Morgan fingerprint density at radius 1 is 1.48 bits per heavy atom. The van der Waals surface area contributed by atoms with E-state index in [1.807, 2.05) is 16.8 Å². The molecular formula is C15H16BrN3O2. The lowest BCUT2D eigenvalue weighted by Gasteiger charge is -2.21. The molecule has 1 heterocycles. The SMILES string of the molecule is Cc1cc(Br)c(-n2ccc3c2CCCC3N)cc1[N+](=O)[O-]. The second-order valence-corrected chi connectivity index (χ2v) is 6.29. The van der Waals surface area contributed by atoms with Crippen LogP contribution in [0, 0.1) is 17.0 Å². The van der Waals surface area contributed by atoms with Gasteiger partial charge in [-0.2, -0.15) is 0 Å². The summed E-state index contributed by atoms with van der Waals surface area (Å²) in [6.07, 6.45) is 4.94. The van der Waals surface area contributed by atoms with Crippen molar-refractivity contribution in [1.82, 2.24) is 4.57 Å². The van der Waals surface area contributed by atoms with Crippen LogP contribution in [-0.4, -0.2) is 9.49 Å². The predicted molar refractivity (Wildman–Crippen MR) is 84.7 cm³/mol. The third-order valence-corrected chi connectivity index (χ3v) is 4.71. The molecule has 6 heteroatoms. The first-order valence-corrected chi connectivity index (χ1v) is 7.69. The van der Waals surface area contributed by atoms with E-state index in [4.69, 9.17) is 5.73 Å². The first-order chi connectivity index (χ1) is 9.99. The van der Waals surface area contributed by atoms with Crippen molar-refractivity contribution in [3.63, 3.8) is 0 Å². The molecule has 1 aromatic heterocycles. The minimum atomic E-state index is -0.340. The third-order valence-electron chi connectivity index (χ3n) is 4.08. The molecule has 0 fully saturated rings. The predicted octanol–water partition coefficient (Wildman–Crippen LogP) is 3.79. The van der Waals surface area contributed by atoms with Crippen molar-refractivity contribution in [2.45, 2.75) is 32.2 Å². The highest BCUT2D eigenvalue weighted by Gasteiger charge is 2.23. The minimum Gasteiger partial charge on any atom is -0.324 e. The number of halogens is 1. The molecule has 0 saturated carbocycles. The van der Waals surface area contributed by atoms with E-state index in [1.165, 1.54) is 0 Å². The quantitative estimate of drug-likeness (QED) is 0.661. The van der Waals surface area contributed by atoms with Crippen LogP contribution in [0.5, 0.6) is 0 Å². The van der Waals surface area contributed by atoms with Gasteiger partial charge in [-0.25, -0.2) is 0 Å². The van der Waals surface area contributed by atoms with E-state index in [2.05, 4.69) is 15.9 Å². The molecule has 2 N–H and O–H groups in total. The van der Waals surface area contributed by atoms with Gasteiger partial charge in [-0.3, -0.25) is 10.1 Å². The Morgan fingerprint density at radius 3 is 2.95 bits per heavy atom. The van der Waals surface area contributed by atoms with Gasteiger partial charge in [0.1, 0.15) is 0 Å². The van der Waals surface area contributed by atoms with Crippen molar-refractivity contribution in [3.05, 3.63) is 55.8 Å². The van der Waals surface area contributed by atoms with E-state index < -0.39 is 0 Å². The van der Waals surface area contributed by atoms with Gasteiger partial charge >= 0.3 is 0 Å². The maximum atomic E-state index is 11.2. The number of nitrogens with zero attached hydrogens (tertiary/aromatic N) is 2. The second-order valence-electron chi connectivity index (χ2n) is 5.43. The number of hydrogen-bond acceptors (Lipinski definition) is 3. The smallest absolute Gasteiger partial charge is 0.274 e. The summed E-state index contributed by atoms with van der Waals surface area (Å²) >= 11 is 3.52. The topological polar surface area (TPSA) is 74.1 Å². The Labute approximate surface area is 131 Å². The molecule has 5 nitrogen and oxygen atoms in total. The number of rotatable bonds is 2. The zero-order chi connectivity index (χ0) is 15.1. The molecule has 3 rings (SSSR count). The molecule has 0 saturated heterocycles. The van der Waals surface area contributed by atoms with Crippen molar-refractivity contribution < 1.29 is 4.92 Å². The third kappa shape index (κ3) is 2.38. The van der Waals surface area contributed by atoms with E-state index >= 15 is 0 Å². The molecule has 110 valence electrons. The van der Waals surface area contributed by atoms with E-state index in [1.54, 1.807) is 19.1 Å². The number of nitro groups is 1. The fourth-order valence-corrected chi connectivity index (χ4v) is 3.63. The lowest BCUT2D eigenvalue weighted by molar-refractivity contribution is -0.385. The Kier molecular flexibility index (Phi) is 3.59. The average Bonchev–Trinajstić information content (AvgIpc) is 2.84. The van der Waals surface area contributed by atoms with E-state index in [-0.39, 0.29) is 16.7 Å².